The molecule has 0 fully saturated rings. The van der Waals surface area contributed by atoms with Gasteiger partial charge >= 0.3 is 15.6 Å². The Hall–Kier alpha value is -0.640. The lowest BCUT2D eigenvalue weighted by molar-refractivity contribution is 0.0192. The van der Waals surface area contributed by atoms with Crippen molar-refractivity contribution in [1.29, 1.82) is 0 Å². The third-order valence-corrected chi connectivity index (χ3v) is 5.45. The zero-order valence-corrected chi connectivity index (χ0v) is 19.5. The minimum absolute atomic E-state index is 0.282. The van der Waals surface area contributed by atoms with Crippen molar-refractivity contribution in [3.05, 3.63) is 35.4 Å². The van der Waals surface area contributed by atoms with Gasteiger partial charge in [0.2, 0.25) is 0 Å². The fourth-order valence-corrected chi connectivity index (χ4v) is 3.95. The van der Waals surface area contributed by atoms with E-state index < -0.39 is 26.8 Å². The standard InChI is InChI=1S/C18H32O10P2/c1-17(2,27-29(19,20)21)9-11-25-13-15-5-7-16(8-6-15)14-26-12-10-18(3,4)28-30(22,23)24/h5-8H,9-14H2,1-4H3,(H2,19,20,21)(H2,22,23,24). The van der Waals surface area contributed by atoms with Gasteiger partial charge < -0.3 is 29.0 Å². The van der Waals surface area contributed by atoms with Gasteiger partial charge in [0.1, 0.15) is 0 Å². The summed E-state index contributed by atoms with van der Waals surface area (Å²) in [7, 11) is -9.08. The van der Waals surface area contributed by atoms with Crippen LogP contribution in [0.25, 0.3) is 0 Å². The molecule has 12 heteroatoms. The molecule has 10 nitrogen and oxygen atoms in total. The summed E-state index contributed by atoms with van der Waals surface area (Å²) in [6.45, 7) is 7.61. The molecular formula is C18H32O10P2. The number of phosphoric ester groups is 2. The lowest BCUT2D eigenvalue weighted by Gasteiger charge is -2.25. The van der Waals surface area contributed by atoms with Gasteiger partial charge in [0.05, 0.1) is 24.4 Å². The van der Waals surface area contributed by atoms with Crippen molar-refractivity contribution in [2.24, 2.45) is 0 Å². The third-order valence-electron chi connectivity index (χ3n) is 3.99. The van der Waals surface area contributed by atoms with E-state index in [0.717, 1.165) is 11.1 Å². The lowest BCUT2D eigenvalue weighted by Crippen LogP contribution is -2.25. The lowest BCUT2D eigenvalue weighted by atomic mass is 10.1. The smallest absolute Gasteiger partial charge is 0.377 e. The van der Waals surface area contributed by atoms with Gasteiger partial charge in [-0.3, -0.25) is 9.05 Å². The normalized spacial score (nSPS) is 13.6. The summed E-state index contributed by atoms with van der Waals surface area (Å²) in [6.07, 6.45) is 0.651. The van der Waals surface area contributed by atoms with Gasteiger partial charge in [-0.1, -0.05) is 24.3 Å². The Labute approximate surface area is 177 Å². The molecule has 30 heavy (non-hydrogen) atoms. The second kappa shape index (κ2) is 11.3. The van der Waals surface area contributed by atoms with E-state index in [1.807, 2.05) is 24.3 Å². The second-order valence-corrected chi connectivity index (χ2v) is 10.4. The first kappa shape index (κ1) is 27.4. The molecule has 0 aliphatic carbocycles. The van der Waals surface area contributed by atoms with Crippen molar-refractivity contribution in [3.8, 4) is 0 Å². The summed E-state index contributed by atoms with van der Waals surface area (Å²) < 4.78 is 42.3. The van der Waals surface area contributed by atoms with Crippen LogP contribution in [-0.4, -0.2) is 44.0 Å². The van der Waals surface area contributed by atoms with E-state index in [2.05, 4.69) is 0 Å². The average molecular weight is 470 g/mol. The topological polar surface area (TPSA) is 152 Å². The first-order valence-corrected chi connectivity index (χ1v) is 12.4. The van der Waals surface area contributed by atoms with Crippen molar-refractivity contribution in [2.75, 3.05) is 13.2 Å². The van der Waals surface area contributed by atoms with Gasteiger partial charge in [-0.05, 0) is 51.7 Å². The Kier molecular flexibility index (Phi) is 10.3. The van der Waals surface area contributed by atoms with Gasteiger partial charge in [-0.25, -0.2) is 9.13 Å². The minimum atomic E-state index is -4.54. The van der Waals surface area contributed by atoms with Crippen LogP contribution in [0.3, 0.4) is 0 Å². The van der Waals surface area contributed by atoms with Crippen LogP contribution in [0.15, 0.2) is 24.3 Å². The van der Waals surface area contributed by atoms with Crippen molar-refractivity contribution >= 4 is 15.6 Å². The maximum absolute atomic E-state index is 10.9. The van der Waals surface area contributed by atoms with Crippen LogP contribution >= 0.6 is 15.6 Å². The highest BCUT2D eigenvalue weighted by atomic mass is 31.2. The van der Waals surface area contributed by atoms with E-state index in [9.17, 15) is 9.13 Å². The van der Waals surface area contributed by atoms with E-state index >= 15 is 0 Å². The molecule has 0 atom stereocenters. The van der Waals surface area contributed by atoms with E-state index in [0.29, 0.717) is 26.1 Å². The van der Waals surface area contributed by atoms with Crippen LogP contribution in [0.5, 0.6) is 0 Å². The van der Waals surface area contributed by atoms with E-state index in [4.69, 9.17) is 38.1 Å². The summed E-state index contributed by atoms with van der Waals surface area (Å²) in [5, 5.41) is 0. The number of rotatable bonds is 14. The molecule has 0 aliphatic heterocycles. The molecule has 0 saturated carbocycles. The van der Waals surface area contributed by atoms with Gasteiger partial charge in [0, 0.05) is 13.2 Å². The van der Waals surface area contributed by atoms with Gasteiger partial charge in [-0.15, -0.1) is 0 Å². The highest BCUT2D eigenvalue weighted by Gasteiger charge is 2.29. The highest BCUT2D eigenvalue weighted by molar-refractivity contribution is 7.46. The molecule has 0 aromatic heterocycles. The molecular weight excluding hydrogens is 438 g/mol. The largest absolute Gasteiger partial charge is 0.470 e. The van der Waals surface area contributed by atoms with E-state index in [-0.39, 0.29) is 13.2 Å². The van der Waals surface area contributed by atoms with E-state index in [1.54, 1.807) is 27.7 Å². The Morgan fingerprint density at radius 2 is 1.00 bits per heavy atom. The molecule has 0 amide bonds. The first-order valence-electron chi connectivity index (χ1n) is 9.33. The van der Waals surface area contributed by atoms with Crippen LogP contribution in [0.4, 0.5) is 0 Å². The summed E-state index contributed by atoms with van der Waals surface area (Å²) in [4.78, 5) is 35.5. The molecule has 0 unspecified atom stereocenters. The summed E-state index contributed by atoms with van der Waals surface area (Å²) in [5.41, 5.74) is -0.122. The van der Waals surface area contributed by atoms with Crippen molar-refractivity contribution in [1.82, 2.24) is 0 Å². The summed E-state index contributed by atoms with van der Waals surface area (Å²) in [5.74, 6) is 0. The predicted molar refractivity (Wildman–Crippen MR) is 109 cm³/mol. The molecule has 4 N–H and O–H groups in total. The summed E-state index contributed by atoms with van der Waals surface area (Å²) in [6, 6.07) is 7.54. The van der Waals surface area contributed by atoms with Gasteiger partial charge in [-0.2, -0.15) is 0 Å². The monoisotopic (exact) mass is 470 g/mol. The third kappa shape index (κ3) is 13.6. The van der Waals surface area contributed by atoms with Crippen molar-refractivity contribution in [2.45, 2.75) is 65.0 Å². The number of phosphoric acid groups is 2. The second-order valence-electron chi connectivity index (χ2n) is 8.10. The number of benzene rings is 1. The Morgan fingerprint density at radius 1 is 0.700 bits per heavy atom. The zero-order chi connectivity index (χ0) is 23.1. The molecule has 174 valence electrons. The first-order chi connectivity index (χ1) is 13.6. The molecule has 0 bridgehead atoms. The number of hydrogen-bond donors (Lipinski definition) is 4. The van der Waals surface area contributed by atoms with E-state index in [1.165, 1.54) is 0 Å². The Bertz CT molecular complexity index is 673. The van der Waals surface area contributed by atoms with Crippen LogP contribution in [-0.2, 0) is 40.9 Å². The molecule has 1 aromatic carbocycles. The number of ether oxygens (including phenoxy) is 2. The van der Waals surface area contributed by atoms with Crippen LogP contribution in [0, 0.1) is 0 Å². The van der Waals surface area contributed by atoms with Crippen LogP contribution in [0.2, 0.25) is 0 Å². The molecule has 1 aromatic rings. The summed E-state index contributed by atoms with van der Waals surface area (Å²) >= 11 is 0. The maximum atomic E-state index is 10.9. The van der Waals surface area contributed by atoms with Crippen molar-refractivity contribution in [3.63, 3.8) is 0 Å². The molecule has 0 spiro atoms. The predicted octanol–water partition coefficient (Wildman–Crippen LogP) is 3.28. The maximum Gasteiger partial charge on any atom is 0.470 e. The number of hydrogen-bond acceptors (Lipinski definition) is 6. The zero-order valence-electron chi connectivity index (χ0n) is 17.7. The Balaban J connectivity index is 2.30. The fourth-order valence-electron chi connectivity index (χ4n) is 2.48. The van der Waals surface area contributed by atoms with Gasteiger partial charge in [0.15, 0.2) is 0 Å². The fraction of sp³-hybridized carbons (Fsp3) is 0.667. The van der Waals surface area contributed by atoms with Crippen LogP contribution < -0.4 is 0 Å². The molecule has 0 radical (unpaired) electrons. The molecule has 1 rings (SSSR count). The quantitative estimate of drug-likeness (QED) is 0.235. The molecule has 0 saturated heterocycles. The highest BCUT2D eigenvalue weighted by Crippen LogP contribution is 2.43. The minimum Gasteiger partial charge on any atom is -0.377 e. The van der Waals surface area contributed by atoms with Crippen LogP contribution in [0.1, 0.15) is 51.7 Å². The SMILES string of the molecule is CC(C)(CCOCc1ccc(COCCC(C)(C)OP(=O)(O)O)cc1)OP(=O)(O)O. The van der Waals surface area contributed by atoms with Gasteiger partial charge in [0.25, 0.3) is 0 Å². The average Bonchev–Trinajstić information content (AvgIpc) is 2.52. The Morgan fingerprint density at radius 3 is 1.27 bits per heavy atom. The molecule has 0 heterocycles. The van der Waals surface area contributed by atoms with Crippen molar-refractivity contribution < 1.29 is 47.2 Å². The molecule has 0 aliphatic rings.